The van der Waals surface area contributed by atoms with Crippen molar-refractivity contribution >= 4 is 21.7 Å². The average Bonchev–Trinajstić information content (AvgIpc) is 2.53. The second-order valence-electron chi connectivity index (χ2n) is 5.14. The number of sulfonamides is 1. The maximum atomic E-state index is 12.6. The molecular weight excluding hydrogens is 357 g/mol. The zero-order valence-corrected chi connectivity index (χ0v) is 13.9. The van der Waals surface area contributed by atoms with Crippen LogP contribution < -0.4 is 10.0 Å². The van der Waals surface area contributed by atoms with Gasteiger partial charge in [0.15, 0.2) is 0 Å². The summed E-state index contributed by atoms with van der Waals surface area (Å²) in [5, 5.41) is 2.08. The number of carbonyl (C=O) groups excluding carboxylic acids is 1. The molecule has 0 fully saturated rings. The molecule has 0 atom stereocenters. The zero-order chi connectivity index (χ0) is 18.7. The molecule has 0 heterocycles. The van der Waals surface area contributed by atoms with Crippen LogP contribution in [0.25, 0.3) is 0 Å². The molecule has 0 radical (unpaired) electrons. The quantitative estimate of drug-likeness (QED) is 0.858. The highest BCUT2D eigenvalue weighted by atomic mass is 32.2. The molecular formula is C16H15F3N2O3S. The summed E-state index contributed by atoms with van der Waals surface area (Å²) in [6.07, 6.45) is -3.96. The van der Waals surface area contributed by atoms with Crippen LogP contribution in [-0.4, -0.2) is 14.4 Å². The van der Waals surface area contributed by atoms with Gasteiger partial charge in [0, 0.05) is 5.69 Å². The Kier molecular flexibility index (Phi) is 5.36. The summed E-state index contributed by atoms with van der Waals surface area (Å²) in [4.78, 5) is 11.7. The predicted octanol–water partition coefficient (Wildman–Crippen LogP) is 3.78. The molecule has 0 aliphatic rings. The van der Waals surface area contributed by atoms with E-state index in [9.17, 15) is 26.4 Å². The molecule has 134 valence electrons. The van der Waals surface area contributed by atoms with Crippen molar-refractivity contribution in [3.63, 3.8) is 0 Å². The van der Waals surface area contributed by atoms with Gasteiger partial charge in [0.1, 0.15) is 0 Å². The first kappa shape index (κ1) is 18.8. The third kappa shape index (κ3) is 4.96. The highest BCUT2D eigenvalue weighted by Gasteiger charge is 2.30. The Hall–Kier alpha value is -2.55. The molecule has 9 heteroatoms. The van der Waals surface area contributed by atoms with E-state index < -0.39 is 27.8 Å². The van der Waals surface area contributed by atoms with Gasteiger partial charge in [0.05, 0.1) is 10.5 Å². The third-order valence-corrected chi connectivity index (χ3v) is 4.62. The van der Waals surface area contributed by atoms with Crippen LogP contribution in [0.2, 0.25) is 0 Å². The Labute approximate surface area is 142 Å². The molecule has 0 spiro atoms. The zero-order valence-electron chi connectivity index (χ0n) is 13.1. The monoisotopic (exact) mass is 372 g/mol. The van der Waals surface area contributed by atoms with Crippen LogP contribution in [-0.2, 0) is 22.6 Å². The van der Waals surface area contributed by atoms with Crippen molar-refractivity contribution in [2.24, 2.45) is 0 Å². The van der Waals surface area contributed by atoms with Crippen molar-refractivity contribution < 1.29 is 26.4 Å². The molecule has 25 heavy (non-hydrogen) atoms. The molecule has 2 N–H and O–H groups in total. The van der Waals surface area contributed by atoms with E-state index in [1.165, 1.54) is 24.3 Å². The maximum Gasteiger partial charge on any atom is 0.416 e. The summed E-state index contributed by atoms with van der Waals surface area (Å²) >= 11 is 0. The first-order valence-electron chi connectivity index (χ1n) is 7.22. The lowest BCUT2D eigenvalue weighted by Gasteiger charge is -2.11. The molecule has 2 rings (SSSR count). The minimum absolute atomic E-state index is 0.106. The van der Waals surface area contributed by atoms with Gasteiger partial charge >= 0.3 is 12.2 Å². The van der Waals surface area contributed by atoms with E-state index >= 15 is 0 Å². The summed E-state index contributed by atoms with van der Waals surface area (Å²) in [7, 11) is -4.13. The number of amides is 2. The van der Waals surface area contributed by atoms with Crippen LogP contribution in [0.5, 0.6) is 0 Å². The van der Waals surface area contributed by atoms with Crippen molar-refractivity contribution in [2.45, 2.75) is 24.4 Å². The van der Waals surface area contributed by atoms with E-state index in [-0.39, 0.29) is 10.6 Å². The lowest BCUT2D eigenvalue weighted by atomic mass is 10.2. The van der Waals surface area contributed by atoms with Crippen molar-refractivity contribution in [1.29, 1.82) is 0 Å². The van der Waals surface area contributed by atoms with Crippen LogP contribution in [0.4, 0.5) is 23.7 Å². The molecule has 0 aliphatic heterocycles. The van der Waals surface area contributed by atoms with Gasteiger partial charge in [0.2, 0.25) is 0 Å². The minimum Gasteiger partial charge on any atom is -0.307 e. The number of nitrogens with one attached hydrogen (secondary N) is 2. The lowest BCUT2D eigenvalue weighted by Crippen LogP contribution is -2.34. The average molecular weight is 372 g/mol. The van der Waals surface area contributed by atoms with Gasteiger partial charge in [-0.2, -0.15) is 13.2 Å². The Morgan fingerprint density at radius 1 is 1.08 bits per heavy atom. The number of halogens is 3. The van der Waals surface area contributed by atoms with E-state index in [4.69, 9.17) is 0 Å². The van der Waals surface area contributed by atoms with Crippen LogP contribution in [0.1, 0.15) is 18.1 Å². The van der Waals surface area contributed by atoms with E-state index in [1.807, 2.05) is 6.92 Å². The van der Waals surface area contributed by atoms with Crippen LogP contribution in [0.3, 0.4) is 0 Å². The fraction of sp³-hybridized carbons (Fsp3) is 0.188. The number of rotatable bonds is 4. The molecule has 2 aromatic rings. The number of anilines is 1. The first-order valence-corrected chi connectivity index (χ1v) is 8.70. The molecule has 2 aromatic carbocycles. The van der Waals surface area contributed by atoms with E-state index in [1.54, 1.807) is 10.8 Å². The first-order chi connectivity index (χ1) is 11.6. The number of hydrogen-bond donors (Lipinski definition) is 2. The smallest absolute Gasteiger partial charge is 0.307 e. The van der Waals surface area contributed by atoms with E-state index in [0.717, 1.165) is 17.7 Å². The lowest BCUT2D eigenvalue weighted by molar-refractivity contribution is -0.137. The minimum atomic E-state index is -4.57. The largest absolute Gasteiger partial charge is 0.416 e. The van der Waals surface area contributed by atoms with Crippen molar-refractivity contribution in [3.8, 4) is 0 Å². The van der Waals surface area contributed by atoms with E-state index in [0.29, 0.717) is 12.5 Å². The van der Waals surface area contributed by atoms with Crippen molar-refractivity contribution in [1.82, 2.24) is 4.72 Å². The van der Waals surface area contributed by atoms with E-state index in [2.05, 4.69) is 5.32 Å². The predicted molar refractivity (Wildman–Crippen MR) is 86.6 cm³/mol. The van der Waals surface area contributed by atoms with Gasteiger partial charge in [-0.25, -0.2) is 17.9 Å². The SMILES string of the molecule is CCc1cccc(S(=O)(=O)NC(=O)Nc2cccc(C(F)(F)F)c2)c1. The topological polar surface area (TPSA) is 75.3 Å². The molecule has 0 aromatic heterocycles. The number of alkyl halides is 3. The number of carbonyl (C=O) groups is 1. The Balaban J connectivity index is 2.14. The summed E-state index contributed by atoms with van der Waals surface area (Å²) in [5.74, 6) is 0. The number of hydrogen-bond acceptors (Lipinski definition) is 3. The Morgan fingerprint density at radius 3 is 2.40 bits per heavy atom. The molecule has 0 aliphatic carbocycles. The summed E-state index contributed by atoms with van der Waals surface area (Å²) in [6.45, 7) is 1.85. The highest BCUT2D eigenvalue weighted by Crippen LogP contribution is 2.30. The van der Waals surface area contributed by atoms with Gasteiger partial charge < -0.3 is 5.32 Å². The third-order valence-electron chi connectivity index (χ3n) is 3.29. The number of aryl methyl sites for hydroxylation is 1. The van der Waals surface area contributed by atoms with Crippen LogP contribution in [0.15, 0.2) is 53.4 Å². The standard InChI is InChI=1S/C16H15F3N2O3S/c1-2-11-5-3-8-14(9-11)25(23,24)21-15(22)20-13-7-4-6-12(10-13)16(17,18)19/h3-10H,2H2,1H3,(H2,20,21,22). The summed E-state index contributed by atoms with van der Waals surface area (Å²) in [6, 6.07) is 8.75. The summed E-state index contributed by atoms with van der Waals surface area (Å²) < 4.78 is 64.1. The Bertz CT molecular complexity index is 880. The maximum absolute atomic E-state index is 12.6. The van der Waals surface area contributed by atoms with Gasteiger partial charge in [0.25, 0.3) is 10.0 Å². The second kappa shape index (κ2) is 7.14. The molecule has 0 unspecified atom stereocenters. The molecule has 0 saturated carbocycles. The second-order valence-corrected chi connectivity index (χ2v) is 6.82. The molecule has 0 bridgehead atoms. The fourth-order valence-corrected chi connectivity index (χ4v) is 3.02. The van der Waals surface area contributed by atoms with Gasteiger partial charge in [-0.05, 0) is 42.3 Å². The molecule has 5 nitrogen and oxygen atoms in total. The van der Waals surface area contributed by atoms with Crippen LogP contribution >= 0.6 is 0 Å². The number of benzene rings is 2. The number of urea groups is 1. The fourth-order valence-electron chi connectivity index (χ4n) is 2.04. The molecule has 2 amide bonds. The molecule has 0 saturated heterocycles. The van der Waals surface area contributed by atoms with Crippen molar-refractivity contribution in [3.05, 3.63) is 59.7 Å². The summed E-state index contributed by atoms with van der Waals surface area (Å²) in [5.41, 5.74) is -0.366. The van der Waals surface area contributed by atoms with Gasteiger partial charge in [-0.1, -0.05) is 25.1 Å². The van der Waals surface area contributed by atoms with Gasteiger partial charge in [-0.3, -0.25) is 0 Å². The normalized spacial score (nSPS) is 11.8. The van der Waals surface area contributed by atoms with Crippen molar-refractivity contribution in [2.75, 3.05) is 5.32 Å². The highest BCUT2D eigenvalue weighted by molar-refractivity contribution is 7.90. The Morgan fingerprint density at radius 2 is 1.76 bits per heavy atom. The van der Waals surface area contributed by atoms with Crippen LogP contribution in [0, 0.1) is 0 Å². The van der Waals surface area contributed by atoms with Gasteiger partial charge in [-0.15, -0.1) is 0 Å².